The lowest BCUT2D eigenvalue weighted by atomic mass is 9.95. The first-order valence-corrected chi connectivity index (χ1v) is 10.8. The average molecular weight is 390 g/mol. The van der Waals surface area contributed by atoms with Crippen molar-refractivity contribution >= 4 is 17.6 Å². The summed E-state index contributed by atoms with van der Waals surface area (Å²) in [5.41, 5.74) is 3.18. The Hall–Kier alpha value is -2.88. The van der Waals surface area contributed by atoms with Crippen molar-refractivity contribution in [2.24, 2.45) is 0 Å². The van der Waals surface area contributed by atoms with Crippen LogP contribution in [0.25, 0.3) is 0 Å². The number of aromatic nitrogens is 3. The number of nitriles is 1. The number of hydrogen-bond donors (Lipinski definition) is 0. The van der Waals surface area contributed by atoms with Crippen LogP contribution in [0.2, 0.25) is 0 Å². The van der Waals surface area contributed by atoms with Crippen LogP contribution in [0.3, 0.4) is 0 Å². The van der Waals surface area contributed by atoms with E-state index in [1.54, 1.807) is 0 Å². The van der Waals surface area contributed by atoms with Gasteiger partial charge in [0.15, 0.2) is 0 Å². The molecule has 0 spiro atoms. The Morgan fingerprint density at radius 1 is 0.828 bits per heavy atom. The molecular formula is C22H27N7. The molecule has 1 aliphatic carbocycles. The molecule has 0 radical (unpaired) electrons. The molecule has 0 N–H and O–H groups in total. The molecule has 0 amide bonds. The van der Waals surface area contributed by atoms with E-state index in [2.05, 4.69) is 31.8 Å². The van der Waals surface area contributed by atoms with Crippen LogP contribution in [-0.2, 0) is 12.8 Å². The minimum absolute atomic E-state index is 0.720. The van der Waals surface area contributed by atoms with Crippen molar-refractivity contribution in [1.29, 1.82) is 5.26 Å². The second-order valence-corrected chi connectivity index (χ2v) is 8.17. The van der Waals surface area contributed by atoms with Crippen molar-refractivity contribution in [3.05, 3.63) is 35.2 Å². The SMILES string of the molecule is N#Cc1cc2c(nc1N1CCN(c3ccnc(N4CCCC4)n3)CC1)CCCC2. The predicted molar refractivity (Wildman–Crippen MR) is 113 cm³/mol. The molecule has 0 atom stereocenters. The van der Waals surface area contributed by atoms with Crippen LogP contribution in [-0.4, -0.2) is 54.2 Å². The number of piperazine rings is 1. The summed E-state index contributed by atoms with van der Waals surface area (Å²) in [4.78, 5) is 21.1. The summed E-state index contributed by atoms with van der Waals surface area (Å²) in [6.45, 7) is 5.56. The van der Waals surface area contributed by atoms with Gasteiger partial charge in [0.1, 0.15) is 17.7 Å². The highest BCUT2D eigenvalue weighted by Crippen LogP contribution is 2.28. The highest BCUT2D eigenvalue weighted by molar-refractivity contribution is 5.58. The molecule has 7 nitrogen and oxygen atoms in total. The zero-order valence-electron chi connectivity index (χ0n) is 16.8. The van der Waals surface area contributed by atoms with Crippen LogP contribution in [0, 0.1) is 11.3 Å². The van der Waals surface area contributed by atoms with E-state index >= 15 is 0 Å². The number of pyridine rings is 1. The van der Waals surface area contributed by atoms with Gasteiger partial charge in [-0.25, -0.2) is 9.97 Å². The summed E-state index contributed by atoms with van der Waals surface area (Å²) in [5, 5.41) is 9.67. The van der Waals surface area contributed by atoms with Crippen LogP contribution in [0.4, 0.5) is 17.6 Å². The van der Waals surface area contributed by atoms with E-state index in [4.69, 9.17) is 9.97 Å². The van der Waals surface area contributed by atoms with Crippen LogP contribution in [0.15, 0.2) is 18.3 Å². The first-order chi connectivity index (χ1) is 14.3. The lowest BCUT2D eigenvalue weighted by molar-refractivity contribution is 0.630. The topological polar surface area (TPSA) is 72.2 Å². The maximum Gasteiger partial charge on any atom is 0.227 e. The van der Waals surface area contributed by atoms with Crippen LogP contribution in [0.5, 0.6) is 0 Å². The Balaban J connectivity index is 1.31. The molecule has 2 fully saturated rings. The maximum atomic E-state index is 9.67. The van der Waals surface area contributed by atoms with E-state index in [-0.39, 0.29) is 0 Å². The van der Waals surface area contributed by atoms with E-state index in [1.165, 1.54) is 36.9 Å². The summed E-state index contributed by atoms with van der Waals surface area (Å²) in [6.07, 6.45) is 8.82. The summed E-state index contributed by atoms with van der Waals surface area (Å²) in [6, 6.07) is 6.47. The van der Waals surface area contributed by atoms with Crippen molar-refractivity contribution in [3.8, 4) is 6.07 Å². The van der Waals surface area contributed by atoms with Gasteiger partial charge < -0.3 is 14.7 Å². The first-order valence-electron chi connectivity index (χ1n) is 10.8. The standard InChI is InChI=1S/C22H27N7/c23-16-18-15-17-5-1-2-6-19(17)25-21(18)28-13-11-27(12-14-28)20-7-8-24-22(26-20)29-9-3-4-10-29/h7-8,15H,1-6,9-14H2. The third-order valence-corrected chi connectivity index (χ3v) is 6.32. The molecule has 0 bridgehead atoms. The fourth-order valence-corrected chi connectivity index (χ4v) is 4.68. The number of nitrogens with zero attached hydrogens (tertiary/aromatic N) is 7. The number of hydrogen-bond acceptors (Lipinski definition) is 7. The van der Waals surface area contributed by atoms with Gasteiger partial charge in [0.25, 0.3) is 0 Å². The molecule has 3 aliphatic rings. The van der Waals surface area contributed by atoms with Gasteiger partial charge in [-0.05, 0) is 56.2 Å². The van der Waals surface area contributed by atoms with Crippen molar-refractivity contribution in [2.75, 3.05) is 54.0 Å². The summed E-state index contributed by atoms with van der Waals surface area (Å²) >= 11 is 0. The quantitative estimate of drug-likeness (QED) is 0.799. The number of anilines is 3. The molecule has 2 aliphatic heterocycles. The van der Waals surface area contributed by atoms with Crippen molar-refractivity contribution < 1.29 is 0 Å². The van der Waals surface area contributed by atoms with Gasteiger partial charge in [-0.15, -0.1) is 0 Å². The summed E-state index contributed by atoms with van der Waals surface area (Å²) < 4.78 is 0. The van der Waals surface area contributed by atoms with Gasteiger partial charge in [0.05, 0.1) is 5.56 Å². The molecule has 150 valence electrons. The zero-order valence-corrected chi connectivity index (χ0v) is 16.8. The molecule has 0 aromatic carbocycles. The second kappa shape index (κ2) is 7.86. The Morgan fingerprint density at radius 3 is 2.38 bits per heavy atom. The zero-order chi connectivity index (χ0) is 19.6. The minimum atomic E-state index is 0.720. The van der Waals surface area contributed by atoms with E-state index in [0.29, 0.717) is 0 Å². The molecule has 0 saturated carbocycles. The van der Waals surface area contributed by atoms with Crippen molar-refractivity contribution in [1.82, 2.24) is 15.0 Å². The van der Waals surface area contributed by atoms with Gasteiger partial charge >= 0.3 is 0 Å². The number of rotatable bonds is 3. The summed E-state index contributed by atoms with van der Waals surface area (Å²) in [7, 11) is 0. The third-order valence-electron chi connectivity index (χ3n) is 6.32. The smallest absolute Gasteiger partial charge is 0.227 e. The molecule has 29 heavy (non-hydrogen) atoms. The fourth-order valence-electron chi connectivity index (χ4n) is 4.68. The van der Waals surface area contributed by atoms with Crippen LogP contribution >= 0.6 is 0 Å². The van der Waals surface area contributed by atoms with Gasteiger partial charge in [-0.3, -0.25) is 0 Å². The van der Waals surface area contributed by atoms with Gasteiger partial charge in [0, 0.05) is 51.2 Å². The normalized spacial score (nSPS) is 19.2. The lowest BCUT2D eigenvalue weighted by Gasteiger charge is -2.37. The predicted octanol–water partition coefficient (Wildman–Crippen LogP) is 2.55. The Kier molecular flexibility index (Phi) is 4.92. The Morgan fingerprint density at radius 2 is 1.59 bits per heavy atom. The lowest BCUT2D eigenvalue weighted by Crippen LogP contribution is -2.47. The first kappa shape index (κ1) is 18.2. The molecule has 2 aromatic rings. The van der Waals surface area contributed by atoms with Gasteiger partial charge in [-0.1, -0.05) is 0 Å². The fraction of sp³-hybridized carbons (Fsp3) is 0.545. The van der Waals surface area contributed by atoms with Gasteiger partial charge in [-0.2, -0.15) is 10.2 Å². The highest BCUT2D eigenvalue weighted by atomic mass is 15.3. The number of aryl methyl sites for hydroxylation is 2. The molecule has 2 aromatic heterocycles. The molecule has 2 saturated heterocycles. The number of fused-ring (bicyclic) bond motifs is 1. The van der Waals surface area contributed by atoms with E-state index < -0.39 is 0 Å². The highest BCUT2D eigenvalue weighted by Gasteiger charge is 2.24. The third kappa shape index (κ3) is 3.59. The Labute approximate surface area is 172 Å². The van der Waals surface area contributed by atoms with Gasteiger partial charge in [0.2, 0.25) is 5.95 Å². The van der Waals surface area contributed by atoms with Crippen LogP contribution in [0.1, 0.15) is 42.5 Å². The summed E-state index contributed by atoms with van der Waals surface area (Å²) in [5.74, 6) is 2.72. The minimum Gasteiger partial charge on any atom is -0.353 e. The van der Waals surface area contributed by atoms with Crippen molar-refractivity contribution in [3.63, 3.8) is 0 Å². The maximum absolute atomic E-state index is 9.67. The Bertz CT molecular complexity index is 921. The molecule has 7 heteroatoms. The monoisotopic (exact) mass is 389 g/mol. The van der Waals surface area contributed by atoms with E-state index in [9.17, 15) is 5.26 Å². The van der Waals surface area contributed by atoms with Crippen molar-refractivity contribution in [2.45, 2.75) is 38.5 Å². The molecule has 0 unspecified atom stereocenters. The average Bonchev–Trinajstić information content (AvgIpc) is 3.33. The van der Waals surface area contributed by atoms with E-state index in [0.717, 1.165) is 75.3 Å². The molecule has 5 rings (SSSR count). The molecule has 4 heterocycles. The second-order valence-electron chi connectivity index (χ2n) is 8.17. The van der Waals surface area contributed by atoms with E-state index in [1.807, 2.05) is 12.3 Å². The van der Waals surface area contributed by atoms with Crippen LogP contribution < -0.4 is 14.7 Å². The largest absolute Gasteiger partial charge is 0.353 e. The molecular weight excluding hydrogens is 362 g/mol.